The number of rotatable bonds is 4. The van der Waals surface area contributed by atoms with E-state index < -0.39 is 6.09 Å². The number of carbonyl (C=O) groups is 2. The minimum atomic E-state index is -0.523. The first-order valence-electron chi connectivity index (χ1n) is 6.27. The molecule has 0 aliphatic carbocycles. The number of ether oxygens (including phenoxy) is 1. The van der Waals surface area contributed by atoms with Crippen LogP contribution in [0.3, 0.4) is 0 Å². The summed E-state index contributed by atoms with van der Waals surface area (Å²) in [7, 11) is 0. The van der Waals surface area contributed by atoms with E-state index in [1.165, 1.54) is 4.90 Å². The van der Waals surface area contributed by atoms with Gasteiger partial charge in [0.05, 0.1) is 0 Å². The van der Waals surface area contributed by atoms with Crippen molar-refractivity contribution in [1.82, 2.24) is 4.90 Å². The zero-order valence-corrected chi connectivity index (χ0v) is 10.5. The van der Waals surface area contributed by atoms with Gasteiger partial charge in [-0.3, -0.25) is 4.79 Å². The Balaban J connectivity index is 2.15. The number of unbranched alkanes of at least 4 members (excludes halogenated alkanes) is 1. The molecule has 1 aromatic carbocycles. The molecule has 96 valence electrons. The van der Waals surface area contributed by atoms with Gasteiger partial charge in [0.15, 0.2) is 0 Å². The van der Waals surface area contributed by atoms with Crippen LogP contribution in [0.2, 0.25) is 0 Å². The molecule has 1 heterocycles. The lowest BCUT2D eigenvalue weighted by Crippen LogP contribution is -2.33. The zero-order chi connectivity index (χ0) is 13.0. The summed E-state index contributed by atoms with van der Waals surface area (Å²) >= 11 is 0. The van der Waals surface area contributed by atoms with Crippen LogP contribution < -0.4 is 0 Å². The number of nitrogens with zero attached hydrogens (tertiary/aromatic N) is 1. The molecule has 1 aliphatic heterocycles. The van der Waals surface area contributed by atoms with Gasteiger partial charge in [0.2, 0.25) is 5.91 Å². The zero-order valence-electron chi connectivity index (χ0n) is 10.5. The van der Waals surface area contributed by atoms with Crippen molar-refractivity contribution in [2.75, 3.05) is 6.61 Å². The van der Waals surface area contributed by atoms with Gasteiger partial charge in [-0.25, -0.2) is 9.69 Å². The third-order valence-electron chi connectivity index (χ3n) is 3.07. The first kappa shape index (κ1) is 12.6. The molecule has 2 rings (SSSR count). The molecule has 4 nitrogen and oxygen atoms in total. The molecule has 2 amide bonds. The summed E-state index contributed by atoms with van der Waals surface area (Å²) in [6.07, 6.45) is 1.61. The monoisotopic (exact) mass is 247 g/mol. The molecule has 1 atom stereocenters. The number of imide groups is 1. The molecule has 0 spiro atoms. The van der Waals surface area contributed by atoms with Gasteiger partial charge < -0.3 is 4.74 Å². The van der Waals surface area contributed by atoms with Gasteiger partial charge in [0.25, 0.3) is 0 Å². The van der Waals surface area contributed by atoms with Crippen LogP contribution in [0.1, 0.15) is 37.8 Å². The van der Waals surface area contributed by atoms with Crippen LogP contribution in [0, 0.1) is 0 Å². The van der Waals surface area contributed by atoms with Crippen molar-refractivity contribution in [3.8, 4) is 0 Å². The summed E-state index contributed by atoms with van der Waals surface area (Å²) in [6.45, 7) is 2.27. The van der Waals surface area contributed by atoms with E-state index in [1.54, 1.807) is 0 Å². The summed E-state index contributed by atoms with van der Waals surface area (Å²) in [5, 5.41) is 0. The summed E-state index contributed by atoms with van der Waals surface area (Å²) in [5.41, 5.74) is 0.938. The molecule has 1 aliphatic rings. The maximum absolute atomic E-state index is 12.0. The molecule has 0 bridgehead atoms. The SMILES string of the molecule is CCCCC(=O)N1C(=O)OC[C@@H]1c1ccccc1. The van der Waals surface area contributed by atoms with Crippen LogP contribution in [0.4, 0.5) is 4.79 Å². The third kappa shape index (κ3) is 2.53. The third-order valence-corrected chi connectivity index (χ3v) is 3.07. The summed E-state index contributed by atoms with van der Waals surface area (Å²) < 4.78 is 5.00. The van der Waals surface area contributed by atoms with Crippen molar-refractivity contribution < 1.29 is 14.3 Å². The summed E-state index contributed by atoms with van der Waals surface area (Å²) in [5.74, 6) is -0.145. The first-order valence-corrected chi connectivity index (χ1v) is 6.27. The van der Waals surface area contributed by atoms with Gasteiger partial charge in [0.1, 0.15) is 12.6 Å². The van der Waals surface area contributed by atoms with Crippen molar-refractivity contribution >= 4 is 12.0 Å². The normalized spacial score (nSPS) is 18.8. The van der Waals surface area contributed by atoms with Gasteiger partial charge in [-0.05, 0) is 12.0 Å². The molecule has 18 heavy (non-hydrogen) atoms. The van der Waals surface area contributed by atoms with E-state index in [2.05, 4.69) is 0 Å². The van der Waals surface area contributed by atoms with Gasteiger partial charge >= 0.3 is 6.09 Å². The summed E-state index contributed by atoms with van der Waals surface area (Å²) in [4.78, 5) is 24.9. The second-order valence-electron chi connectivity index (χ2n) is 4.37. The van der Waals surface area contributed by atoms with E-state index in [-0.39, 0.29) is 18.6 Å². The molecular formula is C14H17NO3. The Hall–Kier alpha value is -1.84. The fourth-order valence-electron chi connectivity index (χ4n) is 2.07. The van der Waals surface area contributed by atoms with Crippen LogP contribution in [0.5, 0.6) is 0 Å². The van der Waals surface area contributed by atoms with E-state index >= 15 is 0 Å². The smallest absolute Gasteiger partial charge is 0.417 e. The standard InChI is InChI=1S/C14H17NO3/c1-2-3-9-13(16)15-12(10-18-14(15)17)11-7-5-4-6-8-11/h4-8,12H,2-3,9-10H2,1H3/t12-/m1/s1. The van der Waals surface area contributed by atoms with E-state index in [0.29, 0.717) is 6.42 Å². The molecule has 0 N–H and O–H groups in total. The van der Waals surface area contributed by atoms with Crippen molar-refractivity contribution in [1.29, 1.82) is 0 Å². The first-order chi connectivity index (χ1) is 8.74. The number of carbonyl (C=O) groups excluding carboxylic acids is 2. The second kappa shape index (κ2) is 5.67. The number of benzene rings is 1. The molecule has 1 aromatic rings. The predicted molar refractivity (Wildman–Crippen MR) is 66.9 cm³/mol. The highest BCUT2D eigenvalue weighted by atomic mass is 16.6. The molecule has 0 radical (unpaired) electrons. The molecule has 4 heteroatoms. The van der Waals surface area contributed by atoms with Crippen LogP contribution in [-0.2, 0) is 9.53 Å². The van der Waals surface area contributed by atoms with Crippen LogP contribution in [-0.4, -0.2) is 23.5 Å². The highest BCUT2D eigenvalue weighted by Gasteiger charge is 2.38. The molecular weight excluding hydrogens is 230 g/mol. The fraction of sp³-hybridized carbons (Fsp3) is 0.429. The Morgan fingerprint density at radius 3 is 2.78 bits per heavy atom. The van der Waals surface area contributed by atoms with Crippen LogP contribution in [0.15, 0.2) is 30.3 Å². The lowest BCUT2D eigenvalue weighted by atomic mass is 10.1. The lowest BCUT2D eigenvalue weighted by Gasteiger charge is -2.19. The Labute approximate surface area is 107 Å². The number of hydrogen-bond acceptors (Lipinski definition) is 3. The quantitative estimate of drug-likeness (QED) is 0.821. The van der Waals surface area contributed by atoms with E-state index in [0.717, 1.165) is 18.4 Å². The highest BCUT2D eigenvalue weighted by molar-refractivity contribution is 5.93. The van der Waals surface area contributed by atoms with E-state index in [9.17, 15) is 9.59 Å². The van der Waals surface area contributed by atoms with Crippen LogP contribution >= 0.6 is 0 Å². The van der Waals surface area contributed by atoms with Crippen molar-refractivity contribution in [2.45, 2.75) is 32.2 Å². The lowest BCUT2D eigenvalue weighted by molar-refractivity contribution is -0.129. The van der Waals surface area contributed by atoms with Crippen molar-refractivity contribution in [3.63, 3.8) is 0 Å². The Morgan fingerprint density at radius 2 is 2.11 bits per heavy atom. The van der Waals surface area contributed by atoms with Gasteiger partial charge in [0, 0.05) is 6.42 Å². The number of hydrogen-bond donors (Lipinski definition) is 0. The number of amides is 2. The molecule has 1 saturated heterocycles. The van der Waals surface area contributed by atoms with E-state index in [1.807, 2.05) is 37.3 Å². The fourth-order valence-corrected chi connectivity index (χ4v) is 2.07. The second-order valence-corrected chi connectivity index (χ2v) is 4.37. The molecule has 0 saturated carbocycles. The predicted octanol–water partition coefficient (Wildman–Crippen LogP) is 2.90. The topological polar surface area (TPSA) is 46.6 Å². The minimum absolute atomic E-state index is 0.145. The Morgan fingerprint density at radius 1 is 1.39 bits per heavy atom. The average molecular weight is 247 g/mol. The maximum Gasteiger partial charge on any atom is 0.417 e. The maximum atomic E-state index is 12.0. The Bertz CT molecular complexity index is 430. The number of cyclic esters (lactones) is 1. The molecule has 0 unspecified atom stereocenters. The van der Waals surface area contributed by atoms with Crippen molar-refractivity contribution in [2.24, 2.45) is 0 Å². The van der Waals surface area contributed by atoms with Gasteiger partial charge in [-0.2, -0.15) is 0 Å². The minimum Gasteiger partial charge on any atom is -0.446 e. The van der Waals surface area contributed by atoms with Gasteiger partial charge in [-0.15, -0.1) is 0 Å². The molecule has 1 fully saturated rings. The largest absolute Gasteiger partial charge is 0.446 e. The highest BCUT2D eigenvalue weighted by Crippen LogP contribution is 2.28. The van der Waals surface area contributed by atoms with Crippen molar-refractivity contribution in [3.05, 3.63) is 35.9 Å². The summed E-state index contributed by atoms with van der Waals surface area (Å²) in [6, 6.07) is 9.24. The van der Waals surface area contributed by atoms with E-state index in [4.69, 9.17) is 4.74 Å². The Kier molecular flexibility index (Phi) is 3.97. The van der Waals surface area contributed by atoms with Crippen LogP contribution in [0.25, 0.3) is 0 Å². The average Bonchev–Trinajstić information content (AvgIpc) is 2.79. The molecule has 0 aromatic heterocycles. The van der Waals surface area contributed by atoms with Gasteiger partial charge in [-0.1, -0.05) is 43.7 Å².